The molecule has 1 unspecified atom stereocenters. The molecule has 1 saturated heterocycles. The van der Waals surface area contributed by atoms with Crippen molar-refractivity contribution in [3.05, 3.63) is 12.4 Å². The zero-order chi connectivity index (χ0) is 14.1. The summed E-state index contributed by atoms with van der Waals surface area (Å²) >= 11 is 2.21. The van der Waals surface area contributed by atoms with Crippen LogP contribution in [-0.2, 0) is 20.4 Å². The van der Waals surface area contributed by atoms with Gasteiger partial charge in [0.25, 0.3) is 0 Å². The summed E-state index contributed by atoms with van der Waals surface area (Å²) < 4.78 is 19.2. The van der Waals surface area contributed by atoms with E-state index in [0.717, 1.165) is 12.0 Å². The molecule has 1 aliphatic rings. The first kappa shape index (κ1) is 15.7. The molecule has 1 aromatic heterocycles. The molecule has 1 aromatic rings. The second kappa shape index (κ2) is 5.97. The molecule has 106 valence electrons. The van der Waals surface area contributed by atoms with Crippen LogP contribution in [0, 0.1) is 0 Å². The summed E-state index contributed by atoms with van der Waals surface area (Å²) in [6.07, 6.45) is 3.76. The lowest BCUT2D eigenvalue weighted by molar-refractivity contribution is 0.00578. The molecule has 0 aromatic carbocycles. The van der Waals surface area contributed by atoms with Gasteiger partial charge in [0.05, 0.1) is 30.8 Å². The number of halogens is 1. The summed E-state index contributed by atoms with van der Waals surface area (Å²) in [5.41, 5.74) is 0.326. The molecule has 0 radical (unpaired) electrons. The van der Waals surface area contributed by atoms with Gasteiger partial charge in [0.2, 0.25) is 0 Å². The Morgan fingerprint density at radius 1 is 1.37 bits per heavy atom. The molecule has 5 nitrogen and oxygen atoms in total. The monoisotopic (exact) mass is 396 g/mol. The molecule has 2 rings (SSSR count). The van der Waals surface area contributed by atoms with E-state index in [1.807, 2.05) is 38.6 Å². The minimum atomic E-state index is -0.342. The number of hydrogen-bond acceptors (Lipinski definition) is 4. The summed E-state index contributed by atoms with van der Waals surface area (Å²) in [6.45, 7) is 10.1. The Morgan fingerprint density at radius 2 is 2.00 bits per heavy atom. The third-order valence-corrected chi connectivity index (χ3v) is 4.90. The largest absolute Gasteiger partial charge is 0.498 e. The van der Waals surface area contributed by atoms with Gasteiger partial charge in [-0.2, -0.15) is 5.10 Å². The van der Waals surface area contributed by atoms with Crippen LogP contribution in [0.15, 0.2) is 12.4 Å². The van der Waals surface area contributed by atoms with Crippen molar-refractivity contribution in [3.8, 4) is 0 Å². The van der Waals surface area contributed by atoms with E-state index in [2.05, 4.69) is 27.1 Å². The number of aromatic nitrogens is 2. The van der Waals surface area contributed by atoms with E-state index in [1.54, 1.807) is 6.20 Å². The Morgan fingerprint density at radius 3 is 2.58 bits per heavy atom. The van der Waals surface area contributed by atoms with Crippen LogP contribution in [0.25, 0.3) is 0 Å². The van der Waals surface area contributed by atoms with E-state index in [0.29, 0.717) is 13.1 Å². The Hall–Kier alpha value is 0.315. The van der Waals surface area contributed by atoms with Crippen molar-refractivity contribution in [1.82, 2.24) is 9.78 Å². The normalized spacial score (nSPS) is 21.6. The molecular weight excluding hydrogens is 377 g/mol. The molecule has 1 atom stereocenters. The van der Waals surface area contributed by atoms with Crippen LogP contribution in [0.3, 0.4) is 0 Å². The van der Waals surface area contributed by atoms with Gasteiger partial charge in [-0.3, -0.25) is 4.68 Å². The standard InChI is InChI=1S/C11H19BIN2O3P/c1-10(2)11(3,4)18-12(17-10)9-7-14-15(8-9)5-6-16-19-13/h7-8,19H,5-6H2,1-4H3. The Kier molecular flexibility index (Phi) is 4.94. The second-order valence-electron chi connectivity index (χ2n) is 5.55. The first-order valence-electron chi connectivity index (χ1n) is 6.21. The first-order valence-corrected chi connectivity index (χ1v) is 10.2. The number of rotatable bonds is 5. The quantitative estimate of drug-likeness (QED) is 0.331. The minimum Gasteiger partial charge on any atom is -0.399 e. The van der Waals surface area contributed by atoms with E-state index in [1.165, 1.54) is 0 Å². The molecule has 0 saturated carbocycles. The zero-order valence-corrected chi connectivity index (χ0v) is 14.8. The molecule has 0 aliphatic carbocycles. The third kappa shape index (κ3) is 3.50. The summed E-state index contributed by atoms with van der Waals surface area (Å²) in [7, 11) is -0.342. The van der Waals surface area contributed by atoms with Gasteiger partial charge in [0.15, 0.2) is 0 Å². The fraction of sp³-hybridized carbons (Fsp3) is 0.727. The molecule has 1 fully saturated rings. The summed E-state index contributed by atoms with van der Waals surface area (Å²) in [4.78, 5) is 0. The Bertz CT molecular complexity index is 425. The van der Waals surface area contributed by atoms with Crippen molar-refractivity contribution in [3.63, 3.8) is 0 Å². The molecular formula is C11H19BIN2O3P. The number of hydrogen-bond donors (Lipinski definition) is 0. The van der Waals surface area contributed by atoms with Crippen molar-refractivity contribution in [1.29, 1.82) is 0 Å². The van der Waals surface area contributed by atoms with Crippen LogP contribution in [0.4, 0.5) is 0 Å². The van der Waals surface area contributed by atoms with Gasteiger partial charge in [-0.05, 0) is 49.7 Å². The van der Waals surface area contributed by atoms with E-state index in [9.17, 15) is 0 Å². The average Bonchev–Trinajstić information content (AvgIpc) is 2.83. The fourth-order valence-electron chi connectivity index (χ4n) is 1.78. The Labute approximate surface area is 129 Å². The van der Waals surface area contributed by atoms with Gasteiger partial charge in [-0.15, -0.1) is 0 Å². The maximum absolute atomic E-state index is 5.98. The summed E-state index contributed by atoms with van der Waals surface area (Å²) in [5.74, 6) is 0. The number of nitrogens with zero attached hydrogens (tertiary/aromatic N) is 2. The predicted molar refractivity (Wildman–Crippen MR) is 86.2 cm³/mol. The molecule has 0 spiro atoms. The van der Waals surface area contributed by atoms with Crippen LogP contribution >= 0.6 is 28.5 Å². The fourth-order valence-corrected chi connectivity index (χ4v) is 2.61. The molecule has 2 heterocycles. The van der Waals surface area contributed by atoms with Crippen molar-refractivity contribution in [2.45, 2.75) is 45.4 Å². The molecule has 0 amide bonds. The lowest BCUT2D eigenvalue weighted by Gasteiger charge is -2.32. The summed E-state index contributed by atoms with van der Waals surface area (Å²) in [6, 6.07) is 0. The highest BCUT2D eigenvalue weighted by Gasteiger charge is 2.52. The highest BCUT2D eigenvalue weighted by atomic mass is 127. The van der Waals surface area contributed by atoms with Gasteiger partial charge in [0, 0.05) is 17.9 Å². The van der Waals surface area contributed by atoms with Crippen LogP contribution < -0.4 is 5.46 Å². The molecule has 0 N–H and O–H groups in total. The Balaban J connectivity index is 2.00. The highest BCUT2D eigenvalue weighted by molar-refractivity contribution is 14.2. The molecule has 1 aliphatic heterocycles. The van der Waals surface area contributed by atoms with Crippen LogP contribution in [0.1, 0.15) is 27.7 Å². The van der Waals surface area contributed by atoms with Crippen LogP contribution in [-0.4, -0.2) is 34.7 Å². The molecule has 19 heavy (non-hydrogen) atoms. The second-order valence-corrected chi connectivity index (χ2v) is 7.31. The van der Waals surface area contributed by atoms with Gasteiger partial charge in [-0.1, -0.05) is 0 Å². The smallest absolute Gasteiger partial charge is 0.399 e. The molecule has 8 heteroatoms. The van der Waals surface area contributed by atoms with E-state index in [-0.39, 0.29) is 18.3 Å². The highest BCUT2D eigenvalue weighted by Crippen LogP contribution is 2.36. The summed E-state index contributed by atoms with van der Waals surface area (Å²) in [5, 5.41) is 4.31. The first-order chi connectivity index (χ1) is 8.86. The predicted octanol–water partition coefficient (Wildman–Crippen LogP) is 2.14. The zero-order valence-electron chi connectivity index (χ0n) is 11.6. The van der Waals surface area contributed by atoms with E-state index >= 15 is 0 Å². The SMILES string of the molecule is CC1(C)OB(c2cnn(CCOPI)c2)OC1(C)C. The molecule has 0 bridgehead atoms. The van der Waals surface area contributed by atoms with Gasteiger partial charge >= 0.3 is 7.12 Å². The lowest BCUT2D eigenvalue weighted by atomic mass is 9.82. The van der Waals surface area contributed by atoms with Crippen molar-refractivity contribution in [2.24, 2.45) is 0 Å². The van der Waals surface area contributed by atoms with E-state index < -0.39 is 0 Å². The topological polar surface area (TPSA) is 45.5 Å². The van der Waals surface area contributed by atoms with Crippen LogP contribution in [0.5, 0.6) is 0 Å². The van der Waals surface area contributed by atoms with Gasteiger partial charge < -0.3 is 13.8 Å². The van der Waals surface area contributed by atoms with Crippen molar-refractivity contribution in [2.75, 3.05) is 6.61 Å². The third-order valence-electron chi connectivity index (χ3n) is 3.66. The van der Waals surface area contributed by atoms with Gasteiger partial charge in [0.1, 0.15) is 0 Å². The van der Waals surface area contributed by atoms with Crippen molar-refractivity contribution >= 4 is 41.1 Å². The van der Waals surface area contributed by atoms with E-state index in [4.69, 9.17) is 13.8 Å². The maximum Gasteiger partial charge on any atom is 0.498 e. The van der Waals surface area contributed by atoms with Crippen LogP contribution in [0.2, 0.25) is 0 Å². The average molecular weight is 396 g/mol. The minimum absolute atomic E-state index is 0.314. The van der Waals surface area contributed by atoms with Gasteiger partial charge in [-0.25, -0.2) is 0 Å². The maximum atomic E-state index is 5.98. The van der Waals surface area contributed by atoms with Crippen molar-refractivity contribution < 1.29 is 13.8 Å². The lowest BCUT2D eigenvalue weighted by Crippen LogP contribution is -2.41.